The molecule has 1 aromatic heterocycles. The van der Waals surface area contributed by atoms with E-state index in [1.165, 1.54) is 0 Å². The Hall–Kier alpha value is -1.20. The van der Waals surface area contributed by atoms with Crippen LogP contribution in [0.5, 0.6) is 0 Å². The Balaban J connectivity index is 2.10. The molecule has 2 aromatic rings. The molecule has 0 saturated carbocycles. The summed E-state index contributed by atoms with van der Waals surface area (Å²) < 4.78 is 1.04. The minimum atomic E-state index is 0.889. The zero-order valence-electron chi connectivity index (χ0n) is 11.4. The molecular formula is C14H19BrN4. The lowest BCUT2D eigenvalue weighted by atomic mass is 10.2. The molecule has 0 aliphatic carbocycles. The van der Waals surface area contributed by atoms with E-state index in [0.717, 1.165) is 47.4 Å². The van der Waals surface area contributed by atoms with Crippen molar-refractivity contribution in [3.63, 3.8) is 0 Å². The SMILES string of the molecule is CCN(CC)CCNc1ncnc2ccc(Br)cc12. The van der Waals surface area contributed by atoms with Gasteiger partial charge in [-0.3, -0.25) is 0 Å². The van der Waals surface area contributed by atoms with Gasteiger partial charge in [0.05, 0.1) is 5.52 Å². The molecule has 1 aromatic carbocycles. The predicted octanol–water partition coefficient (Wildman–Crippen LogP) is 3.15. The molecule has 0 bridgehead atoms. The maximum atomic E-state index is 4.33. The Labute approximate surface area is 122 Å². The summed E-state index contributed by atoms with van der Waals surface area (Å²) in [7, 11) is 0. The zero-order chi connectivity index (χ0) is 13.7. The largest absolute Gasteiger partial charge is 0.368 e. The van der Waals surface area contributed by atoms with Crippen molar-refractivity contribution < 1.29 is 0 Å². The fraction of sp³-hybridized carbons (Fsp3) is 0.429. The number of nitrogens with zero attached hydrogens (tertiary/aromatic N) is 3. The van der Waals surface area contributed by atoms with Crippen molar-refractivity contribution in [2.45, 2.75) is 13.8 Å². The van der Waals surface area contributed by atoms with Crippen LogP contribution in [0.4, 0.5) is 5.82 Å². The summed E-state index contributed by atoms with van der Waals surface area (Å²) in [6.45, 7) is 8.43. The number of likely N-dealkylation sites (N-methyl/N-ethyl adjacent to an activating group) is 1. The van der Waals surface area contributed by atoms with E-state index in [1.54, 1.807) is 6.33 Å². The van der Waals surface area contributed by atoms with Gasteiger partial charge in [-0.05, 0) is 31.3 Å². The van der Waals surface area contributed by atoms with Crippen molar-refractivity contribution in [2.24, 2.45) is 0 Å². The van der Waals surface area contributed by atoms with Gasteiger partial charge in [-0.1, -0.05) is 29.8 Å². The van der Waals surface area contributed by atoms with Gasteiger partial charge >= 0.3 is 0 Å². The van der Waals surface area contributed by atoms with E-state index >= 15 is 0 Å². The van der Waals surface area contributed by atoms with Crippen LogP contribution >= 0.6 is 15.9 Å². The van der Waals surface area contributed by atoms with Crippen molar-refractivity contribution in [1.82, 2.24) is 14.9 Å². The molecule has 0 unspecified atom stereocenters. The second-order valence-corrected chi connectivity index (χ2v) is 5.25. The van der Waals surface area contributed by atoms with Gasteiger partial charge in [-0.25, -0.2) is 9.97 Å². The van der Waals surface area contributed by atoms with Gasteiger partial charge in [0.25, 0.3) is 0 Å². The molecule has 1 N–H and O–H groups in total. The van der Waals surface area contributed by atoms with Gasteiger partial charge in [0, 0.05) is 22.9 Å². The third-order valence-electron chi connectivity index (χ3n) is 3.21. The molecule has 0 fully saturated rings. The van der Waals surface area contributed by atoms with Gasteiger partial charge in [-0.2, -0.15) is 0 Å². The first-order valence-electron chi connectivity index (χ1n) is 6.61. The second kappa shape index (κ2) is 6.82. The average molecular weight is 323 g/mol. The molecule has 0 saturated heterocycles. The lowest BCUT2D eigenvalue weighted by molar-refractivity contribution is 0.316. The molecule has 0 spiro atoms. The molecular weight excluding hydrogens is 304 g/mol. The standard InChI is InChI=1S/C14H19BrN4/c1-3-19(4-2)8-7-16-14-12-9-11(15)5-6-13(12)17-10-18-14/h5-6,9-10H,3-4,7-8H2,1-2H3,(H,16,17,18). The molecule has 5 heteroatoms. The number of nitrogens with one attached hydrogen (secondary N) is 1. The van der Waals surface area contributed by atoms with E-state index in [1.807, 2.05) is 12.1 Å². The highest BCUT2D eigenvalue weighted by molar-refractivity contribution is 9.10. The molecule has 0 atom stereocenters. The van der Waals surface area contributed by atoms with Crippen LogP contribution < -0.4 is 5.32 Å². The minimum Gasteiger partial charge on any atom is -0.368 e. The smallest absolute Gasteiger partial charge is 0.137 e. The number of benzene rings is 1. The fourth-order valence-electron chi connectivity index (χ4n) is 2.04. The fourth-order valence-corrected chi connectivity index (χ4v) is 2.40. The third kappa shape index (κ3) is 3.64. The van der Waals surface area contributed by atoms with E-state index < -0.39 is 0 Å². The van der Waals surface area contributed by atoms with Crippen LogP contribution in [0.3, 0.4) is 0 Å². The van der Waals surface area contributed by atoms with Crippen molar-refractivity contribution >= 4 is 32.7 Å². The van der Waals surface area contributed by atoms with Gasteiger partial charge in [0.1, 0.15) is 12.1 Å². The van der Waals surface area contributed by atoms with Crippen LogP contribution in [0.25, 0.3) is 10.9 Å². The van der Waals surface area contributed by atoms with Crippen LogP contribution in [-0.2, 0) is 0 Å². The Morgan fingerprint density at radius 3 is 2.74 bits per heavy atom. The van der Waals surface area contributed by atoms with Crippen LogP contribution in [0.2, 0.25) is 0 Å². The van der Waals surface area contributed by atoms with Crippen LogP contribution in [0.15, 0.2) is 29.0 Å². The molecule has 1 heterocycles. The number of hydrogen-bond acceptors (Lipinski definition) is 4. The van der Waals surface area contributed by atoms with Crippen molar-refractivity contribution in [1.29, 1.82) is 0 Å². The third-order valence-corrected chi connectivity index (χ3v) is 3.71. The van der Waals surface area contributed by atoms with Crippen LogP contribution in [0.1, 0.15) is 13.8 Å². The highest BCUT2D eigenvalue weighted by Crippen LogP contribution is 2.22. The predicted molar refractivity (Wildman–Crippen MR) is 83.5 cm³/mol. The van der Waals surface area contributed by atoms with E-state index in [4.69, 9.17) is 0 Å². The first-order valence-corrected chi connectivity index (χ1v) is 7.40. The summed E-state index contributed by atoms with van der Waals surface area (Å²) in [6, 6.07) is 6.04. The summed E-state index contributed by atoms with van der Waals surface area (Å²) >= 11 is 3.49. The number of hydrogen-bond donors (Lipinski definition) is 1. The van der Waals surface area contributed by atoms with Gasteiger partial charge < -0.3 is 10.2 Å². The Morgan fingerprint density at radius 1 is 1.21 bits per heavy atom. The van der Waals surface area contributed by atoms with Gasteiger partial charge in [0.2, 0.25) is 0 Å². The summed E-state index contributed by atoms with van der Waals surface area (Å²) in [5.41, 5.74) is 0.962. The normalized spacial score (nSPS) is 11.2. The molecule has 0 amide bonds. The molecule has 4 nitrogen and oxygen atoms in total. The monoisotopic (exact) mass is 322 g/mol. The van der Waals surface area contributed by atoms with Gasteiger partial charge in [0.15, 0.2) is 0 Å². The quantitative estimate of drug-likeness (QED) is 0.887. The first kappa shape index (κ1) is 14.2. The maximum Gasteiger partial charge on any atom is 0.137 e. The van der Waals surface area contributed by atoms with Crippen molar-refractivity contribution in [2.75, 3.05) is 31.5 Å². The average Bonchev–Trinajstić information content (AvgIpc) is 2.44. The highest BCUT2D eigenvalue weighted by Gasteiger charge is 2.04. The molecule has 19 heavy (non-hydrogen) atoms. The number of halogens is 1. The molecule has 2 rings (SSSR count). The lowest BCUT2D eigenvalue weighted by Crippen LogP contribution is -2.28. The maximum absolute atomic E-state index is 4.33. The summed E-state index contributed by atoms with van der Waals surface area (Å²) in [6.07, 6.45) is 1.61. The van der Waals surface area contributed by atoms with E-state index in [2.05, 4.69) is 56.0 Å². The molecule has 0 aliphatic rings. The first-order chi connectivity index (χ1) is 9.24. The Bertz CT molecular complexity index is 540. The number of rotatable bonds is 6. The molecule has 0 radical (unpaired) electrons. The molecule has 102 valence electrons. The van der Waals surface area contributed by atoms with Crippen molar-refractivity contribution in [3.8, 4) is 0 Å². The number of anilines is 1. The van der Waals surface area contributed by atoms with E-state index in [-0.39, 0.29) is 0 Å². The summed E-state index contributed by atoms with van der Waals surface area (Å²) in [5, 5.41) is 4.45. The second-order valence-electron chi connectivity index (χ2n) is 4.34. The van der Waals surface area contributed by atoms with E-state index in [0.29, 0.717) is 0 Å². The lowest BCUT2D eigenvalue weighted by Gasteiger charge is -2.18. The Morgan fingerprint density at radius 2 is 2.00 bits per heavy atom. The van der Waals surface area contributed by atoms with Crippen molar-refractivity contribution in [3.05, 3.63) is 29.0 Å². The zero-order valence-corrected chi connectivity index (χ0v) is 12.9. The molecule has 0 aliphatic heterocycles. The topological polar surface area (TPSA) is 41.0 Å². The van der Waals surface area contributed by atoms with Gasteiger partial charge in [-0.15, -0.1) is 0 Å². The minimum absolute atomic E-state index is 0.889. The summed E-state index contributed by atoms with van der Waals surface area (Å²) in [4.78, 5) is 11.0. The highest BCUT2D eigenvalue weighted by atomic mass is 79.9. The number of fused-ring (bicyclic) bond motifs is 1. The van der Waals surface area contributed by atoms with E-state index in [9.17, 15) is 0 Å². The van der Waals surface area contributed by atoms with Crippen LogP contribution in [-0.4, -0.2) is 41.0 Å². The van der Waals surface area contributed by atoms with Crippen LogP contribution in [0, 0.1) is 0 Å². The number of aromatic nitrogens is 2. The Kier molecular flexibility index (Phi) is 5.10. The summed E-state index contributed by atoms with van der Waals surface area (Å²) in [5.74, 6) is 0.901.